The Balaban J connectivity index is 1.66. The molecule has 1 aromatic heterocycles. The van der Waals surface area contributed by atoms with Crippen molar-refractivity contribution in [3.8, 4) is 11.5 Å². The van der Waals surface area contributed by atoms with Gasteiger partial charge in [-0.25, -0.2) is 0 Å². The molecule has 0 spiro atoms. The molecule has 3 aromatic rings. The number of methoxy groups -OCH3 is 2. The Labute approximate surface area is 162 Å². The summed E-state index contributed by atoms with van der Waals surface area (Å²) in [6.07, 6.45) is 1.53. The van der Waals surface area contributed by atoms with Gasteiger partial charge in [-0.15, -0.1) is 0 Å². The van der Waals surface area contributed by atoms with Crippen LogP contribution in [0.2, 0.25) is 0 Å². The monoisotopic (exact) mass is 381 g/mol. The lowest BCUT2D eigenvalue weighted by Crippen LogP contribution is -2.28. The first-order valence-electron chi connectivity index (χ1n) is 8.99. The van der Waals surface area contributed by atoms with Gasteiger partial charge < -0.3 is 14.8 Å². The fourth-order valence-electron chi connectivity index (χ4n) is 3.07. The third-order valence-corrected chi connectivity index (χ3v) is 4.60. The van der Waals surface area contributed by atoms with E-state index >= 15 is 0 Å². The molecule has 3 rings (SSSR count). The number of ether oxygens (including phenoxy) is 2. The maximum absolute atomic E-state index is 12.4. The van der Waals surface area contributed by atoms with E-state index in [0.29, 0.717) is 23.4 Å². The van der Waals surface area contributed by atoms with E-state index in [0.717, 1.165) is 11.1 Å². The molecule has 1 unspecified atom stereocenters. The molecule has 0 saturated carbocycles. The number of hydrogen-bond acceptors (Lipinski definition) is 5. The van der Waals surface area contributed by atoms with E-state index in [4.69, 9.17) is 9.47 Å². The lowest BCUT2D eigenvalue weighted by atomic mass is 10.1. The quantitative estimate of drug-likeness (QED) is 0.680. The van der Waals surface area contributed by atoms with Gasteiger partial charge in [-0.3, -0.25) is 14.3 Å². The molecule has 1 amide bonds. The van der Waals surface area contributed by atoms with Crippen molar-refractivity contribution in [3.63, 3.8) is 0 Å². The summed E-state index contributed by atoms with van der Waals surface area (Å²) in [7, 11) is 3.16. The summed E-state index contributed by atoms with van der Waals surface area (Å²) in [6, 6.07) is 12.6. The number of carbonyl (C=O) groups excluding carboxylic acids is 1. The fraction of sp³-hybridized carbons (Fsp3) is 0.286. The predicted molar refractivity (Wildman–Crippen MR) is 107 cm³/mol. The number of carbonyl (C=O) groups is 1. The normalized spacial score (nSPS) is 11.8. The Morgan fingerprint density at radius 1 is 1.14 bits per heavy atom. The molecule has 0 saturated heterocycles. The molecule has 7 heteroatoms. The molecule has 1 N–H and O–H groups in total. The molecule has 146 valence electrons. The Kier molecular flexibility index (Phi) is 5.93. The van der Waals surface area contributed by atoms with Crippen LogP contribution in [-0.4, -0.2) is 29.9 Å². The highest BCUT2D eigenvalue weighted by Gasteiger charge is 2.13. The van der Waals surface area contributed by atoms with Gasteiger partial charge >= 0.3 is 0 Å². The largest absolute Gasteiger partial charge is 0.493 e. The third-order valence-electron chi connectivity index (χ3n) is 4.60. The van der Waals surface area contributed by atoms with Gasteiger partial charge in [0.2, 0.25) is 11.3 Å². The lowest BCUT2D eigenvalue weighted by molar-refractivity contribution is -0.122. The molecule has 2 aromatic carbocycles. The number of aryl methyl sites for hydroxylation is 1. The minimum Gasteiger partial charge on any atom is -0.493 e. The minimum absolute atomic E-state index is 0.105. The van der Waals surface area contributed by atoms with Crippen LogP contribution in [0.25, 0.3) is 10.9 Å². The molecule has 28 heavy (non-hydrogen) atoms. The standard InChI is InChI=1S/C21H23N3O4/c1-14(15-8-9-19(27-2)20(12-15)28-3)23-21(26)10-11-24-17-7-5-4-6-16(17)18(25)13-22-24/h4-9,12-14H,10-11H2,1-3H3,(H,23,26). The number of fused-ring (bicyclic) bond motifs is 1. The van der Waals surface area contributed by atoms with Crippen molar-refractivity contribution < 1.29 is 14.3 Å². The van der Waals surface area contributed by atoms with Crippen LogP contribution in [-0.2, 0) is 11.3 Å². The number of nitrogens with one attached hydrogen (secondary N) is 1. The van der Waals surface area contributed by atoms with E-state index in [1.165, 1.54) is 6.20 Å². The highest BCUT2D eigenvalue weighted by Crippen LogP contribution is 2.29. The van der Waals surface area contributed by atoms with Crippen molar-refractivity contribution >= 4 is 16.8 Å². The molecule has 0 aliphatic carbocycles. The Hall–Kier alpha value is -3.35. The Morgan fingerprint density at radius 3 is 2.64 bits per heavy atom. The number of hydrogen-bond donors (Lipinski definition) is 1. The fourth-order valence-corrected chi connectivity index (χ4v) is 3.07. The summed E-state index contributed by atoms with van der Waals surface area (Å²) in [5, 5.41) is 7.72. The van der Waals surface area contributed by atoms with Crippen molar-refractivity contribution in [2.45, 2.75) is 25.9 Å². The summed E-state index contributed by atoms with van der Waals surface area (Å²) >= 11 is 0. The van der Waals surface area contributed by atoms with Gasteiger partial charge in [-0.2, -0.15) is 5.10 Å². The van der Waals surface area contributed by atoms with Crippen LogP contribution < -0.4 is 20.2 Å². The zero-order valence-corrected chi connectivity index (χ0v) is 16.1. The first kappa shape index (κ1) is 19.4. The van der Waals surface area contributed by atoms with Crippen LogP contribution in [0, 0.1) is 0 Å². The maximum atomic E-state index is 12.4. The van der Waals surface area contributed by atoms with Crippen molar-refractivity contribution in [2.75, 3.05) is 14.2 Å². The Bertz CT molecular complexity index is 1050. The molecule has 1 atom stereocenters. The van der Waals surface area contributed by atoms with Gasteiger partial charge in [0.25, 0.3) is 0 Å². The number of aromatic nitrogens is 2. The van der Waals surface area contributed by atoms with E-state index in [-0.39, 0.29) is 23.8 Å². The predicted octanol–water partition coefficient (Wildman–Crippen LogP) is 2.68. The maximum Gasteiger partial charge on any atom is 0.222 e. The first-order chi connectivity index (χ1) is 13.5. The van der Waals surface area contributed by atoms with Crippen molar-refractivity contribution in [1.82, 2.24) is 15.1 Å². The summed E-state index contributed by atoms with van der Waals surface area (Å²) < 4.78 is 12.2. The van der Waals surface area contributed by atoms with E-state index in [9.17, 15) is 9.59 Å². The van der Waals surface area contributed by atoms with Crippen LogP contribution in [0.4, 0.5) is 0 Å². The van der Waals surface area contributed by atoms with Crippen LogP contribution in [0.1, 0.15) is 24.9 Å². The van der Waals surface area contributed by atoms with Crippen LogP contribution in [0.3, 0.4) is 0 Å². The zero-order valence-electron chi connectivity index (χ0n) is 16.1. The van der Waals surface area contributed by atoms with Gasteiger partial charge in [0.1, 0.15) is 0 Å². The SMILES string of the molecule is COc1ccc(C(C)NC(=O)CCn2ncc(=O)c3ccccc32)cc1OC. The molecule has 1 heterocycles. The highest BCUT2D eigenvalue weighted by molar-refractivity contribution is 5.79. The first-order valence-corrected chi connectivity index (χ1v) is 8.99. The molecular formula is C21H23N3O4. The number of rotatable bonds is 7. The summed E-state index contributed by atoms with van der Waals surface area (Å²) in [6.45, 7) is 2.29. The molecule has 0 aliphatic rings. The average Bonchev–Trinajstić information content (AvgIpc) is 2.72. The smallest absolute Gasteiger partial charge is 0.222 e. The topological polar surface area (TPSA) is 82.5 Å². The number of nitrogens with zero attached hydrogens (tertiary/aromatic N) is 2. The average molecular weight is 381 g/mol. The van der Waals surface area contributed by atoms with E-state index in [1.807, 2.05) is 43.3 Å². The van der Waals surface area contributed by atoms with Crippen LogP contribution >= 0.6 is 0 Å². The summed E-state index contributed by atoms with van der Waals surface area (Å²) in [5.41, 5.74) is 1.51. The third kappa shape index (κ3) is 4.14. The van der Waals surface area contributed by atoms with E-state index in [2.05, 4.69) is 10.4 Å². The molecular weight excluding hydrogens is 358 g/mol. The van der Waals surface area contributed by atoms with Crippen LogP contribution in [0.5, 0.6) is 11.5 Å². The zero-order chi connectivity index (χ0) is 20.1. The van der Waals surface area contributed by atoms with Gasteiger partial charge in [0.05, 0.1) is 38.5 Å². The second kappa shape index (κ2) is 8.56. The van der Waals surface area contributed by atoms with E-state index in [1.54, 1.807) is 25.0 Å². The second-order valence-corrected chi connectivity index (χ2v) is 6.40. The summed E-state index contributed by atoms with van der Waals surface area (Å²) in [4.78, 5) is 24.3. The molecule has 7 nitrogen and oxygen atoms in total. The van der Waals surface area contributed by atoms with Gasteiger partial charge in [0.15, 0.2) is 11.5 Å². The van der Waals surface area contributed by atoms with Crippen LogP contribution in [0.15, 0.2) is 53.5 Å². The summed E-state index contributed by atoms with van der Waals surface area (Å²) in [5.74, 6) is 1.15. The molecule has 0 fully saturated rings. The molecule has 0 radical (unpaired) electrons. The number of amides is 1. The minimum atomic E-state index is -0.189. The van der Waals surface area contributed by atoms with Crippen molar-refractivity contribution in [1.29, 1.82) is 0 Å². The van der Waals surface area contributed by atoms with Crippen molar-refractivity contribution in [2.24, 2.45) is 0 Å². The highest BCUT2D eigenvalue weighted by atomic mass is 16.5. The number of para-hydroxylation sites is 1. The molecule has 0 bridgehead atoms. The Morgan fingerprint density at radius 2 is 1.89 bits per heavy atom. The lowest BCUT2D eigenvalue weighted by Gasteiger charge is -2.17. The van der Waals surface area contributed by atoms with Gasteiger partial charge in [0, 0.05) is 11.8 Å². The molecule has 0 aliphatic heterocycles. The van der Waals surface area contributed by atoms with Crippen molar-refractivity contribution in [3.05, 3.63) is 64.4 Å². The van der Waals surface area contributed by atoms with Gasteiger partial charge in [-0.1, -0.05) is 18.2 Å². The van der Waals surface area contributed by atoms with Gasteiger partial charge in [-0.05, 0) is 36.8 Å². The number of benzene rings is 2. The van der Waals surface area contributed by atoms with E-state index < -0.39 is 0 Å². The second-order valence-electron chi connectivity index (χ2n) is 6.40.